The molecule has 9 heteroatoms. The van der Waals surface area contributed by atoms with E-state index < -0.39 is 24.0 Å². The molecule has 1 N–H and O–H groups in total. The van der Waals surface area contributed by atoms with Gasteiger partial charge in [-0.05, 0) is 32.4 Å². The predicted octanol–water partition coefficient (Wildman–Crippen LogP) is 2.06. The van der Waals surface area contributed by atoms with Crippen LogP contribution in [0.25, 0.3) is 0 Å². The summed E-state index contributed by atoms with van der Waals surface area (Å²) in [7, 11) is 0. The number of carbonyl (C=O) groups is 3. The molecule has 134 valence electrons. The first-order valence-corrected chi connectivity index (χ1v) is 9.26. The highest BCUT2D eigenvalue weighted by Gasteiger charge is 2.53. The first-order chi connectivity index (χ1) is 11.8. The number of amides is 2. The van der Waals surface area contributed by atoms with E-state index in [-0.39, 0.29) is 15.9 Å². The highest BCUT2D eigenvalue weighted by molar-refractivity contribution is 8.01. The number of pyridine rings is 1. The van der Waals surface area contributed by atoms with Crippen molar-refractivity contribution < 1.29 is 19.1 Å². The molecule has 2 saturated heterocycles. The van der Waals surface area contributed by atoms with Crippen LogP contribution in [0.3, 0.4) is 0 Å². The van der Waals surface area contributed by atoms with E-state index in [1.165, 1.54) is 13.1 Å². The number of nitrogens with zero attached hydrogens (tertiary/aromatic N) is 2. The van der Waals surface area contributed by atoms with Crippen molar-refractivity contribution in [2.24, 2.45) is 0 Å². The molecule has 0 bridgehead atoms. The minimum Gasteiger partial charge on any atom is -0.451 e. The summed E-state index contributed by atoms with van der Waals surface area (Å²) in [5.41, 5.74) is 0.343. The minimum atomic E-state index is -1.02. The Balaban J connectivity index is 1.62. The first kappa shape index (κ1) is 18.0. The van der Waals surface area contributed by atoms with Crippen molar-refractivity contribution in [2.75, 3.05) is 11.1 Å². The Morgan fingerprint density at radius 3 is 3.04 bits per heavy atom. The Kier molecular flexibility index (Phi) is 4.92. The van der Waals surface area contributed by atoms with Gasteiger partial charge in [-0.25, -0.2) is 9.78 Å². The maximum absolute atomic E-state index is 12.5. The Morgan fingerprint density at radius 1 is 1.56 bits per heavy atom. The van der Waals surface area contributed by atoms with Crippen molar-refractivity contribution in [3.8, 4) is 0 Å². The summed E-state index contributed by atoms with van der Waals surface area (Å²) in [5, 5.41) is 2.72. The summed E-state index contributed by atoms with van der Waals surface area (Å²) in [6.45, 7) is 3.43. The van der Waals surface area contributed by atoms with Gasteiger partial charge in [0.2, 0.25) is 5.91 Å². The lowest BCUT2D eigenvalue weighted by molar-refractivity contribution is -0.160. The van der Waals surface area contributed by atoms with Crippen molar-refractivity contribution in [1.29, 1.82) is 0 Å². The average molecular weight is 384 g/mol. The smallest absolute Gasteiger partial charge is 0.330 e. The second-order valence-electron chi connectivity index (χ2n) is 6.18. The molecule has 3 rings (SSSR count). The molecule has 2 aliphatic rings. The fraction of sp³-hybridized carbons (Fsp3) is 0.500. The van der Waals surface area contributed by atoms with Crippen molar-refractivity contribution in [2.45, 2.75) is 43.7 Å². The van der Waals surface area contributed by atoms with Gasteiger partial charge in [-0.2, -0.15) is 0 Å². The number of hydrogen-bond donors (Lipinski definition) is 1. The number of esters is 1. The Bertz CT molecular complexity index is 731. The molecule has 0 aromatic carbocycles. The summed E-state index contributed by atoms with van der Waals surface area (Å²) < 4.78 is 5.29. The molecule has 0 unspecified atom stereocenters. The lowest BCUT2D eigenvalue weighted by Gasteiger charge is -2.29. The second kappa shape index (κ2) is 6.84. The number of aromatic nitrogens is 1. The van der Waals surface area contributed by atoms with Crippen molar-refractivity contribution in [1.82, 2.24) is 9.88 Å². The van der Waals surface area contributed by atoms with Gasteiger partial charge in [0.15, 0.2) is 11.3 Å². The molecule has 2 fully saturated rings. The van der Waals surface area contributed by atoms with E-state index >= 15 is 0 Å². The zero-order chi connectivity index (χ0) is 18.2. The summed E-state index contributed by atoms with van der Waals surface area (Å²) in [5.74, 6) is -0.645. The van der Waals surface area contributed by atoms with Gasteiger partial charge in [-0.1, -0.05) is 11.6 Å². The van der Waals surface area contributed by atoms with E-state index in [1.54, 1.807) is 28.8 Å². The molecule has 2 aliphatic heterocycles. The minimum absolute atomic E-state index is 0.0475. The number of ether oxygens (including phenoxy) is 1. The zero-order valence-electron chi connectivity index (χ0n) is 13.8. The van der Waals surface area contributed by atoms with Crippen LogP contribution in [-0.4, -0.2) is 50.4 Å². The summed E-state index contributed by atoms with van der Waals surface area (Å²) in [6.07, 6.45) is 1.64. The van der Waals surface area contributed by atoms with E-state index in [1.807, 2.05) is 6.92 Å². The molecule has 0 spiro atoms. The van der Waals surface area contributed by atoms with E-state index in [9.17, 15) is 14.4 Å². The molecule has 3 heterocycles. The molecule has 1 aromatic heterocycles. The zero-order valence-corrected chi connectivity index (χ0v) is 15.4. The van der Waals surface area contributed by atoms with E-state index in [2.05, 4.69) is 10.3 Å². The molecule has 0 aliphatic carbocycles. The Morgan fingerprint density at radius 2 is 2.32 bits per heavy atom. The third-order valence-electron chi connectivity index (χ3n) is 4.40. The van der Waals surface area contributed by atoms with E-state index in [0.717, 1.165) is 6.42 Å². The lowest BCUT2D eigenvalue weighted by Crippen LogP contribution is -2.48. The fourth-order valence-corrected chi connectivity index (χ4v) is 4.60. The third kappa shape index (κ3) is 3.46. The van der Waals surface area contributed by atoms with Crippen molar-refractivity contribution >= 4 is 46.8 Å². The van der Waals surface area contributed by atoms with Gasteiger partial charge in [-0.15, -0.1) is 11.8 Å². The number of fused-ring (bicyclic) bond motifs is 1. The van der Waals surface area contributed by atoms with E-state index in [4.69, 9.17) is 16.3 Å². The standard InChI is InChI=1S/C16H18ClN3O4S/c1-9(14(22)19-10-4-3-7-18-13(10)17)24-15(23)11-8-25-16(2)6-5-12(21)20(11)16/h3-4,7,9,11H,5-6,8H2,1-2H3,(H,19,22)/t9-,11-,16-/m0/s1. The third-order valence-corrected chi connectivity index (χ3v) is 6.20. The van der Waals surface area contributed by atoms with Crippen molar-refractivity contribution in [3.63, 3.8) is 0 Å². The van der Waals surface area contributed by atoms with Crippen LogP contribution in [-0.2, 0) is 19.1 Å². The van der Waals surface area contributed by atoms with Crippen molar-refractivity contribution in [3.05, 3.63) is 23.5 Å². The maximum Gasteiger partial charge on any atom is 0.330 e. The normalized spacial score (nSPS) is 26.3. The topological polar surface area (TPSA) is 88.6 Å². The number of anilines is 1. The molecular weight excluding hydrogens is 366 g/mol. The largest absolute Gasteiger partial charge is 0.451 e. The summed E-state index contributed by atoms with van der Waals surface area (Å²) >= 11 is 7.47. The maximum atomic E-state index is 12.5. The number of rotatable bonds is 4. The average Bonchev–Trinajstić information content (AvgIpc) is 3.06. The lowest BCUT2D eigenvalue weighted by atomic mass is 10.2. The molecule has 25 heavy (non-hydrogen) atoms. The van der Waals surface area contributed by atoms with Gasteiger partial charge < -0.3 is 15.0 Å². The number of hydrogen-bond acceptors (Lipinski definition) is 6. The predicted molar refractivity (Wildman–Crippen MR) is 94.2 cm³/mol. The van der Waals surface area contributed by atoms with Crippen LogP contribution in [0, 0.1) is 0 Å². The van der Waals surface area contributed by atoms with Crippen LogP contribution >= 0.6 is 23.4 Å². The SMILES string of the molecule is C[C@H](OC(=O)[C@@H]1CS[C@@]2(C)CCC(=O)N12)C(=O)Nc1cccnc1Cl. The molecule has 7 nitrogen and oxygen atoms in total. The highest BCUT2D eigenvalue weighted by atomic mass is 35.5. The van der Waals surface area contributed by atoms with Gasteiger partial charge in [0.25, 0.3) is 5.91 Å². The van der Waals surface area contributed by atoms with Crippen LogP contribution < -0.4 is 5.32 Å². The molecule has 3 atom stereocenters. The number of halogens is 1. The molecule has 0 saturated carbocycles. The van der Waals surface area contributed by atoms with Crippen LogP contribution in [0.4, 0.5) is 5.69 Å². The van der Waals surface area contributed by atoms with Crippen LogP contribution in [0.2, 0.25) is 5.15 Å². The molecule has 0 radical (unpaired) electrons. The van der Waals surface area contributed by atoms with Gasteiger partial charge in [0, 0.05) is 18.4 Å². The number of thioether (sulfide) groups is 1. The van der Waals surface area contributed by atoms with Gasteiger partial charge in [-0.3, -0.25) is 9.59 Å². The first-order valence-electron chi connectivity index (χ1n) is 7.90. The van der Waals surface area contributed by atoms with Crippen LogP contribution in [0.5, 0.6) is 0 Å². The van der Waals surface area contributed by atoms with Gasteiger partial charge in [0.1, 0.15) is 6.04 Å². The Hall–Kier alpha value is -1.80. The molecule has 2 amide bonds. The number of carbonyl (C=O) groups excluding carboxylic acids is 3. The fourth-order valence-electron chi connectivity index (χ4n) is 3.02. The van der Waals surface area contributed by atoms with Gasteiger partial charge in [0.05, 0.1) is 10.6 Å². The van der Waals surface area contributed by atoms with Gasteiger partial charge >= 0.3 is 5.97 Å². The van der Waals surface area contributed by atoms with E-state index in [0.29, 0.717) is 17.9 Å². The van der Waals surface area contributed by atoms with Crippen LogP contribution in [0.15, 0.2) is 18.3 Å². The summed E-state index contributed by atoms with van der Waals surface area (Å²) in [4.78, 5) is 41.9. The van der Waals surface area contributed by atoms with Crippen LogP contribution in [0.1, 0.15) is 26.7 Å². The monoisotopic (exact) mass is 383 g/mol. The molecular formula is C16H18ClN3O4S. The number of nitrogens with one attached hydrogen (secondary N) is 1. The molecule has 1 aromatic rings. The second-order valence-corrected chi connectivity index (χ2v) is 8.04. The quantitative estimate of drug-likeness (QED) is 0.632. The highest BCUT2D eigenvalue weighted by Crippen LogP contribution is 2.47. The Labute approximate surface area is 154 Å². The summed E-state index contributed by atoms with van der Waals surface area (Å²) in [6, 6.07) is 2.58.